The molecule has 28 heavy (non-hydrogen) atoms. The highest BCUT2D eigenvalue weighted by Gasteiger charge is 2.39. The van der Waals surface area contributed by atoms with Crippen LogP contribution in [0.5, 0.6) is 0 Å². The summed E-state index contributed by atoms with van der Waals surface area (Å²) in [6.07, 6.45) is 14.2. The molecule has 1 saturated carbocycles. The van der Waals surface area contributed by atoms with E-state index in [-0.39, 0.29) is 30.0 Å². The summed E-state index contributed by atoms with van der Waals surface area (Å²) in [4.78, 5) is 23.3. The molecule has 158 valence electrons. The van der Waals surface area contributed by atoms with Gasteiger partial charge in [-0.05, 0) is 32.1 Å². The minimum absolute atomic E-state index is 0.0753. The minimum Gasteiger partial charge on any atom is -0.469 e. The zero-order valence-electron chi connectivity index (χ0n) is 17.3. The van der Waals surface area contributed by atoms with Crippen molar-refractivity contribution in [3.05, 3.63) is 37.0 Å². The highest BCUT2D eigenvalue weighted by Crippen LogP contribution is 2.34. The third kappa shape index (κ3) is 8.11. The van der Waals surface area contributed by atoms with Crippen molar-refractivity contribution in [2.24, 2.45) is 11.8 Å². The zero-order chi connectivity index (χ0) is 21.0. The lowest BCUT2D eigenvalue weighted by molar-refractivity contribution is -0.140. The second-order valence-electron chi connectivity index (χ2n) is 7.64. The van der Waals surface area contributed by atoms with Gasteiger partial charge in [0.2, 0.25) is 0 Å². The Hall–Kier alpha value is -1.72. The summed E-state index contributed by atoms with van der Waals surface area (Å²) in [5, 5.41) is 20.8. The molecular formula is C23H36O5. The van der Waals surface area contributed by atoms with E-state index in [4.69, 9.17) is 0 Å². The number of carbonyl (C=O) groups is 2. The first kappa shape index (κ1) is 24.3. The van der Waals surface area contributed by atoms with Crippen molar-refractivity contribution < 1.29 is 24.5 Å². The molecule has 0 aromatic heterocycles. The number of unbranched alkanes of at least 4 members (excludes halogenated alkanes) is 2. The molecule has 0 aliphatic heterocycles. The molecule has 0 saturated heterocycles. The molecule has 0 heterocycles. The molecule has 1 unspecified atom stereocenters. The number of aliphatic hydroxyl groups excluding tert-OH is 1. The minimum atomic E-state index is -0.935. The number of carbonyl (C=O) groups excluding carboxylic acids is 2. The summed E-state index contributed by atoms with van der Waals surface area (Å²) in [6.45, 7) is 5.81. The summed E-state index contributed by atoms with van der Waals surface area (Å²) >= 11 is 0. The van der Waals surface area contributed by atoms with Gasteiger partial charge in [-0.1, -0.05) is 50.1 Å². The molecule has 2 N–H and O–H groups in total. The van der Waals surface area contributed by atoms with Crippen molar-refractivity contribution in [2.45, 2.75) is 76.4 Å². The second-order valence-corrected chi connectivity index (χ2v) is 7.64. The van der Waals surface area contributed by atoms with Gasteiger partial charge >= 0.3 is 5.97 Å². The van der Waals surface area contributed by atoms with E-state index in [0.29, 0.717) is 32.1 Å². The lowest BCUT2D eigenvalue weighted by Gasteiger charge is -2.23. The number of ketones is 1. The summed E-state index contributed by atoms with van der Waals surface area (Å²) in [5.41, 5.74) is -0.935. The maximum absolute atomic E-state index is 12.2. The van der Waals surface area contributed by atoms with Crippen LogP contribution in [-0.2, 0) is 14.3 Å². The lowest BCUT2D eigenvalue weighted by atomic mass is 9.88. The number of esters is 1. The van der Waals surface area contributed by atoms with Gasteiger partial charge in [-0.25, -0.2) is 0 Å². The van der Waals surface area contributed by atoms with Crippen molar-refractivity contribution in [3.63, 3.8) is 0 Å². The second kappa shape index (κ2) is 12.7. The molecule has 0 bridgehead atoms. The van der Waals surface area contributed by atoms with Gasteiger partial charge in [-0.2, -0.15) is 0 Å². The summed E-state index contributed by atoms with van der Waals surface area (Å²) in [6, 6.07) is 0. The maximum Gasteiger partial charge on any atom is 0.305 e. The highest BCUT2D eigenvalue weighted by atomic mass is 16.5. The van der Waals surface area contributed by atoms with E-state index in [9.17, 15) is 19.8 Å². The Labute approximate surface area is 169 Å². The summed E-state index contributed by atoms with van der Waals surface area (Å²) in [7, 11) is 1.38. The molecule has 1 aliphatic carbocycles. The molecule has 1 fully saturated rings. The van der Waals surface area contributed by atoms with Crippen LogP contribution in [0.2, 0.25) is 0 Å². The van der Waals surface area contributed by atoms with Crippen LogP contribution in [0.15, 0.2) is 37.0 Å². The van der Waals surface area contributed by atoms with Crippen LogP contribution in [0.4, 0.5) is 0 Å². The van der Waals surface area contributed by atoms with Crippen LogP contribution in [-0.4, -0.2) is 40.8 Å². The van der Waals surface area contributed by atoms with Gasteiger partial charge in [0.15, 0.2) is 0 Å². The largest absolute Gasteiger partial charge is 0.469 e. The van der Waals surface area contributed by atoms with Crippen LogP contribution in [0.25, 0.3) is 0 Å². The Balaban J connectivity index is 2.57. The standard InChI is InChI=1S/C23H36O5/c1-4-6-15-23(27,5-2)16-11-13-19-18(20(24)17-21(19)25)12-9-7-8-10-14-22(26)28-3/h5,7,9,11,13,18-19,21,25,27H,2,4,6,8,10,12,14-17H2,1,3H3/b9-7-,13-11+/t18-,19-,21-,23?/m1/s1. The Morgan fingerprint density at radius 2 is 2.07 bits per heavy atom. The number of hydrogen-bond donors (Lipinski definition) is 2. The number of ether oxygens (including phenoxy) is 1. The number of Topliss-reactive ketones (excluding diaryl/α,β-unsaturated/α-hetero) is 1. The Morgan fingerprint density at radius 1 is 1.32 bits per heavy atom. The van der Waals surface area contributed by atoms with E-state index in [1.807, 2.05) is 24.3 Å². The van der Waals surface area contributed by atoms with Crippen LogP contribution >= 0.6 is 0 Å². The number of methoxy groups -OCH3 is 1. The molecule has 0 aromatic rings. The van der Waals surface area contributed by atoms with E-state index in [0.717, 1.165) is 19.3 Å². The molecule has 5 heteroatoms. The predicted octanol–water partition coefficient (Wildman–Crippen LogP) is 3.90. The average molecular weight is 393 g/mol. The smallest absolute Gasteiger partial charge is 0.305 e. The number of hydrogen-bond acceptors (Lipinski definition) is 5. The molecule has 1 rings (SSSR count). The molecule has 4 atom stereocenters. The van der Waals surface area contributed by atoms with Crippen molar-refractivity contribution in [2.75, 3.05) is 7.11 Å². The fourth-order valence-electron chi connectivity index (χ4n) is 3.55. The maximum atomic E-state index is 12.2. The van der Waals surface area contributed by atoms with Gasteiger partial charge in [-0.15, -0.1) is 6.58 Å². The van der Waals surface area contributed by atoms with Crippen LogP contribution in [0.1, 0.15) is 64.7 Å². The van der Waals surface area contributed by atoms with Crippen molar-refractivity contribution in [3.8, 4) is 0 Å². The SMILES string of the molecule is C=CC(O)(C/C=C/[C@H]1[C@H](O)CC(=O)[C@@H]1C/C=C\CCCC(=O)OC)CCCC. The number of allylic oxidation sites excluding steroid dienone is 2. The van der Waals surface area contributed by atoms with Crippen molar-refractivity contribution >= 4 is 11.8 Å². The van der Waals surface area contributed by atoms with Crippen LogP contribution in [0.3, 0.4) is 0 Å². The molecule has 0 aromatic carbocycles. The quantitative estimate of drug-likeness (QED) is 0.282. The van der Waals surface area contributed by atoms with Gasteiger partial charge in [0.05, 0.1) is 18.8 Å². The van der Waals surface area contributed by atoms with Gasteiger partial charge in [0.1, 0.15) is 5.78 Å². The van der Waals surface area contributed by atoms with Crippen LogP contribution < -0.4 is 0 Å². The van der Waals surface area contributed by atoms with Crippen molar-refractivity contribution in [1.82, 2.24) is 0 Å². The molecule has 0 spiro atoms. The van der Waals surface area contributed by atoms with Gasteiger partial charge in [0.25, 0.3) is 0 Å². The van der Waals surface area contributed by atoms with E-state index >= 15 is 0 Å². The fraction of sp³-hybridized carbons (Fsp3) is 0.652. The molecule has 0 radical (unpaired) electrons. The summed E-state index contributed by atoms with van der Waals surface area (Å²) < 4.78 is 4.60. The predicted molar refractivity (Wildman–Crippen MR) is 111 cm³/mol. The van der Waals surface area contributed by atoms with E-state index in [1.165, 1.54) is 7.11 Å². The average Bonchev–Trinajstić information content (AvgIpc) is 2.95. The Morgan fingerprint density at radius 3 is 2.71 bits per heavy atom. The summed E-state index contributed by atoms with van der Waals surface area (Å²) in [5.74, 6) is -0.611. The third-order valence-electron chi connectivity index (χ3n) is 5.44. The third-order valence-corrected chi connectivity index (χ3v) is 5.44. The first-order valence-electron chi connectivity index (χ1n) is 10.3. The van der Waals surface area contributed by atoms with Crippen molar-refractivity contribution in [1.29, 1.82) is 0 Å². The Kier molecular flexibility index (Phi) is 11.0. The lowest BCUT2D eigenvalue weighted by Crippen LogP contribution is -2.25. The van der Waals surface area contributed by atoms with Gasteiger partial charge in [0, 0.05) is 24.7 Å². The first-order chi connectivity index (χ1) is 13.4. The van der Waals surface area contributed by atoms with Crippen LogP contribution in [0, 0.1) is 11.8 Å². The number of rotatable bonds is 13. The monoisotopic (exact) mass is 392 g/mol. The molecular weight excluding hydrogens is 356 g/mol. The molecule has 0 amide bonds. The topological polar surface area (TPSA) is 83.8 Å². The number of aliphatic hydroxyl groups is 2. The van der Waals surface area contributed by atoms with Gasteiger partial charge in [-0.3, -0.25) is 9.59 Å². The first-order valence-corrected chi connectivity index (χ1v) is 10.3. The molecule has 5 nitrogen and oxygen atoms in total. The van der Waals surface area contributed by atoms with E-state index in [1.54, 1.807) is 6.08 Å². The van der Waals surface area contributed by atoms with Gasteiger partial charge < -0.3 is 14.9 Å². The highest BCUT2D eigenvalue weighted by molar-refractivity contribution is 5.84. The molecule has 1 aliphatic rings. The fourth-order valence-corrected chi connectivity index (χ4v) is 3.55. The zero-order valence-corrected chi connectivity index (χ0v) is 17.3. The van der Waals surface area contributed by atoms with E-state index < -0.39 is 11.7 Å². The van der Waals surface area contributed by atoms with E-state index in [2.05, 4.69) is 18.2 Å². The Bertz CT molecular complexity index is 565. The normalized spacial score (nSPS) is 24.7.